The molecule has 8 nitrogen and oxygen atoms in total. The molecule has 1 unspecified atom stereocenters. The number of carbonyl (C=O) groups is 1. The number of amides is 2. The average molecular weight is 438 g/mol. The lowest BCUT2D eigenvalue weighted by Crippen LogP contribution is -2.44. The quantitative estimate of drug-likeness (QED) is 0.636. The highest BCUT2D eigenvalue weighted by Crippen LogP contribution is 2.22. The van der Waals surface area contributed by atoms with E-state index in [1.807, 2.05) is 13.0 Å². The highest BCUT2D eigenvalue weighted by molar-refractivity contribution is 7.83. The molecule has 1 fully saturated rings. The van der Waals surface area contributed by atoms with Gasteiger partial charge in [0.05, 0.1) is 36.4 Å². The Bertz CT molecular complexity index is 872. The number of hydrogen-bond acceptors (Lipinski definition) is 6. The Kier molecular flexibility index (Phi) is 9.13. The molecule has 0 aliphatic carbocycles. The zero-order chi connectivity index (χ0) is 22.1. The average Bonchev–Trinajstić information content (AvgIpc) is 2.72. The number of nitrogens with zero attached hydrogens (tertiary/aromatic N) is 3. The van der Waals surface area contributed by atoms with E-state index < -0.39 is 16.8 Å². The van der Waals surface area contributed by atoms with E-state index in [1.54, 1.807) is 18.4 Å². The number of ether oxygens (including phenoxy) is 1. The van der Waals surface area contributed by atoms with E-state index in [-0.39, 0.29) is 11.7 Å². The topological polar surface area (TPSA) is 96.5 Å². The molecule has 1 aliphatic heterocycles. The Balaban J connectivity index is 2.38. The van der Waals surface area contributed by atoms with Gasteiger partial charge in [-0.05, 0) is 26.0 Å². The van der Waals surface area contributed by atoms with Gasteiger partial charge < -0.3 is 20.3 Å². The highest BCUT2D eigenvalue weighted by atomic mass is 32.2. The van der Waals surface area contributed by atoms with E-state index in [0.717, 1.165) is 5.82 Å². The van der Waals surface area contributed by atoms with Gasteiger partial charge >= 0.3 is 6.03 Å². The molecule has 0 bridgehead atoms. The molecule has 0 spiro atoms. The maximum absolute atomic E-state index is 13.1. The number of anilines is 1. The minimum atomic E-state index is -1.07. The maximum Gasteiger partial charge on any atom is 0.319 e. The molecule has 2 atom stereocenters. The molecular weight excluding hydrogens is 409 g/mol. The SMILES string of the molecule is C\C=C(/C=C\C(=C\F)NC(=O)NC)c1nc(CS(C)=O)cc(N2CCOC[C@@H]2C)n1. The third-order valence-electron chi connectivity index (χ3n) is 4.39. The molecule has 2 amide bonds. The predicted molar refractivity (Wildman–Crippen MR) is 117 cm³/mol. The van der Waals surface area contributed by atoms with Crippen molar-refractivity contribution in [1.29, 1.82) is 0 Å². The molecule has 0 saturated carbocycles. The van der Waals surface area contributed by atoms with Gasteiger partial charge in [0.2, 0.25) is 0 Å². The fraction of sp³-hybridized carbons (Fsp3) is 0.450. The summed E-state index contributed by atoms with van der Waals surface area (Å²) in [6, 6.07) is 1.46. The number of halogens is 1. The molecule has 2 rings (SSSR count). The molecule has 30 heavy (non-hydrogen) atoms. The van der Waals surface area contributed by atoms with E-state index >= 15 is 0 Å². The Labute approximate surface area is 178 Å². The standard InChI is InChI=1S/C20H28FN5O3S/c1-5-15(6-7-16(11-21)24-20(27)22-3)19-23-17(13-30(4)28)10-18(25-19)26-8-9-29-12-14(26)2/h5-7,10-11,14H,8-9,12-13H2,1-4H3,(H2,22,24,27)/b7-6-,15-5+,16-11-/t14-,30?/m0/s1. The van der Waals surface area contributed by atoms with Crippen LogP contribution in [0.25, 0.3) is 5.57 Å². The molecule has 2 heterocycles. The second-order valence-corrected chi connectivity index (χ2v) is 8.16. The molecule has 0 radical (unpaired) electrons. The summed E-state index contributed by atoms with van der Waals surface area (Å²) in [6.45, 7) is 5.76. The van der Waals surface area contributed by atoms with Crippen molar-refractivity contribution < 1.29 is 18.1 Å². The molecule has 10 heteroatoms. The fourth-order valence-corrected chi connectivity index (χ4v) is 3.45. The van der Waals surface area contributed by atoms with Crippen LogP contribution in [0.2, 0.25) is 0 Å². The van der Waals surface area contributed by atoms with Crippen LogP contribution in [0.3, 0.4) is 0 Å². The number of nitrogens with one attached hydrogen (secondary N) is 2. The van der Waals surface area contributed by atoms with Gasteiger partial charge in [-0.3, -0.25) is 4.21 Å². The number of morpholine rings is 1. The van der Waals surface area contributed by atoms with Crippen LogP contribution in [-0.2, 0) is 21.3 Å². The van der Waals surface area contributed by atoms with Crippen molar-refractivity contribution in [2.24, 2.45) is 0 Å². The smallest absolute Gasteiger partial charge is 0.319 e. The van der Waals surface area contributed by atoms with Crippen molar-refractivity contribution in [3.05, 3.63) is 47.8 Å². The van der Waals surface area contributed by atoms with Crippen molar-refractivity contribution in [2.45, 2.75) is 25.6 Å². The largest absolute Gasteiger partial charge is 0.377 e. The number of aromatic nitrogens is 2. The Morgan fingerprint density at radius 3 is 2.80 bits per heavy atom. The Morgan fingerprint density at radius 1 is 1.43 bits per heavy atom. The summed E-state index contributed by atoms with van der Waals surface area (Å²) in [7, 11) is 0.376. The van der Waals surface area contributed by atoms with E-state index in [4.69, 9.17) is 9.72 Å². The first-order valence-corrected chi connectivity index (χ1v) is 11.3. The van der Waals surface area contributed by atoms with Gasteiger partial charge in [-0.25, -0.2) is 19.2 Å². The molecule has 1 aromatic rings. The highest BCUT2D eigenvalue weighted by Gasteiger charge is 2.22. The van der Waals surface area contributed by atoms with Crippen molar-refractivity contribution in [2.75, 3.05) is 38.0 Å². The van der Waals surface area contributed by atoms with Gasteiger partial charge in [0.15, 0.2) is 5.82 Å². The summed E-state index contributed by atoms with van der Waals surface area (Å²) in [4.78, 5) is 22.8. The first-order chi connectivity index (χ1) is 14.4. The number of allylic oxidation sites excluding steroid dienone is 4. The number of hydrogen-bond donors (Lipinski definition) is 2. The fourth-order valence-electron chi connectivity index (χ4n) is 2.89. The molecule has 164 valence electrons. The maximum atomic E-state index is 13.1. The van der Waals surface area contributed by atoms with Crippen LogP contribution in [0.5, 0.6) is 0 Å². The molecule has 1 saturated heterocycles. The molecular formula is C20H28FN5O3S. The molecule has 2 N–H and O–H groups in total. The summed E-state index contributed by atoms with van der Waals surface area (Å²) in [5.74, 6) is 1.47. The van der Waals surface area contributed by atoms with Gasteiger partial charge in [0.1, 0.15) is 12.1 Å². The van der Waals surface area contributed by atoms with Gasteiger partial charge in [0.25, 0.3) is 0 Å². The third-order valence-corrected chi connectivity index (χ3v) is 5.10. The van der Waals surface area contributed by atoms with E-state index in [2.05, 4.69) is 27.4 Å². The number of carbonyl (C=O) groups excluding carboxylic acids is 1. The second kappa shape index (κ2) is 11.6. The van der Waals surface area contributed by atoms with Crippen LogP contribution < -0.4 is 15.5 Å². The van der Waals surface area contributed by atoms with Crippen LogP contribution >= 0.6 is 0 Å². The minimum absolute atomic E-state index is 0.0125. The summed E-state index contributed by atoms with van der Waals surface area (Å²) < 4.78 is 30.4. The van der Waals surface area contributed by atoms with Gasteiger partial charge in [-0.1, -0.05) is 6.08 Å². The second-order valence-electron chi connectivity index (χ2n) is 6.72. The summed E-state index contributed by atoms with van der Waals surface area (Å²) in [5.41, 5.74) is 1.28. The van der Waals surface area contributed by atoms with E-state index in [9.17, 15) is 13.4 Å². The summed E-state index contributed by atoms with van der Waals surface area (Å²) in [5, 5.41) is 4.73. The molecule has 0 aromatic carbocycles. The third kappa shape index (κ3) is 6.74. The zero-order valence-corrected chi connectivity index (χ0v) is 18.5. The number of rotatable bonds is 7. The van der Waals surface area contributed by atoms with Crippen LogP contribution in [-0.4, -0.2) is 59.3 Å². The van der Waals surface area contributed by atoms with Gasteiger partial charge in [-0.15, -0.1) is 0 Å². The lowest BCUT2D eigenvalue weighted by atomic mass is 10.2. The van der Waals surface area contributed by atoms with Crippen LogP contribution in [0.1, 0.15) is 25.4 Å². The lowest BCUT2D eigenvalue weighted by Gasteiger charge is -2.34. The summed E-state index contributed by atoms with van der Waals surface area (Å²) >= 11 is 0. The zero-order valence-electron chi connectivity index (χ0n) is 17.6. The summed E-state index contributed by atoms with van der Waals surface area (Å²) in [6.07, 6.45) is 6.77. The van der Waals surface area contributed by atoms with Crippen LogP contribution in [0.15, 0.2) is 36.3 Å². The first kappa shape index (κ1) is 23.7. The van der Waals surface area contributed by atoms with Gasteiger partial charge in [0, 0.05) is 42.3 Å². The minimum Gasteiger partial charge on any atom is -0.377 e. The van der Waals surface area contributed by atoms with Crippen molar-refractivity contribution in [1.82, 2.24) is 20.6 Å². The van der Waals surface area contributed by atoms with Crippen molar-refractivity contribution >= 4 is 28.2 Å². The van der Waals surface area contributed by atoms with Gasteiger partial charge in [-0.2, -0.15) is 0 Å². The van der Waals surface area contributed by atoms with Crippen molar-refractivity contribution in [3.63, 3.8) is 0 Å². The Hall–Kier alpha value is -2.59. The van der Waals surface area contributed by atoms with E-state index in [1.165, 1.54) is 13.1 Å². The number of urea groups is 1. The normalized spacial score (nSPS) is 19.1. The molecule has 1 aliphatic rings. The van der Waals surface area contributed by atoms with Crippen LogP contribution in [0.4, 0.5) is 15.0 Å². The van der Waals surface area contributed by atoms with Crippen molar-refractivity contribution in [3.8, 4) is 0 Å². The lowest BCUT2D eigenvalue weighted by molar-refractivity contribution is 0.0985. The first-order valence-electron chi connectivity index (χ1n) is 9.54. The van der Waals surface area contributed by atoms with Crippen LogP contribution in [0, 0.1) is 0 Å². The molecule has 1 aromatic heterocycles. The monoisotopic (exact) mass is 437 g/mol. The predicted octanol–water partition coefficient (Wildman–Crippen LogP) is 2.28. The Morgan fingerprint density at radius 2 is 2.20 bits per heavy atom. The van der Waals surface area contributed by atoms with E-state index in [0.29, 0.717) is 48.9 Å².